The highest BCUT2D eigenvalue weighted by atomic mass is 32.2. The van der Waals surface area contributed by atoms with Gasteiger partial charge in [-0.1, -0.05) is 6.07 Å². The van der Waals surface area contributed by atoms with Crippen molar-refractivity contribution in [1.29, 1.82) is 0 Å². The molecular weight excluding hydrogens is 417 g/mol. The summed E-state index contributed by atoms with van der Waals surface area (Å²) in [7, 11) is -3.74. The van der Waals surface area contributed by atoms with Crippen molar-refractivity contribution in [3.63, 3.8) is 0 Å². The van der Waals surface area contributed by atoms with E-state index in [9.17, 15) is 17.6 Å². The first-order valence-electron chi connectivity index (χ1n) is 9.03. The smallest absolute Gasteiger partial charge is 0.178 e. The number of sulfone groups is 1. The fourth-order valence-corrected chi connectivity index (χ4v) is 6.74. The molecule has 154 valence electrons. The molecule has 0 aliphatic carbocycles. The number of hydrogen-bond donors (Lipinski definition) is 1. The fraction of sp³-hybridized carbons (Fsp3) is 0.421. The first kappa shape index (κ1) is 20.1. The Bertz CT molecular complexity index is 1090. The van der Waals surface area contributed by atoms with Gasteiger partial charge in [0, 0.05) is 24.8 Å². The molecule has 0 unspecified atom stereocenters. The third-order valence-corrected chi connectivity index (χ3v) is 9.05. The van der Waals surface area contributed by atoms with Crippen molar-refractivity contribution in [3.05, 3.63) is 51.7 Å². The second kappa shape index (κ2) is 6.96. The highest BCUT2D eigenvalue weighted by Crippen LogP contribution is 2.41. The second-order valence-corrected chi connectivity index (χ2v) is 10.8. The summed E-state index contributed by atoms with van der Waals surface area (Å²) < 4.78 is 44.9. The summed E-state index contributed by atoms with van der Waals surface area (Å²) in [6.07, 6.45) is 1.78. The molecule has 1 spiro atoms. The maximum Gasteiger partial charge on any atom is 0.178 e. The first-order chi connectivity index (χ1) is 13.7. The number of thiazole rings is 1. The van der Waals surface area contributed by atoms with Crippen LogP contribution in [0, 0.1) is 5.82 Å². The average Bonchev–Trinajstić information content (AvgIpc) is 3.34. The van der Waals surface area contributed by atoms with E-state index in [1.165, 1.54) is 35.7 Å². The highest BCUT2D eigenvalue weighted by Gasteiger charge is 2.57. The van der Waals surface area contributed by atoms with Crippen LogP contribution in [0.3, 0.4) is 0 Å². The van der Waals surface area contributed by atoms with Gasteiger partial charge in [-0.2, -0.15) is 0 Å². The minimum Gasteiger partial charge on any atom is -0.386 e. The highest BCUT2D eigenvalue weighted by molar-refractivity contribution is 7.93. The lowest BCUT2D eigenvalue weighted by atomic mass is 9.90. The van der Waals surface area contributed by atoms with Gasteiger partial charge in [0.15, 0.2) is 20.4 Å². The molecule has 2 aromatic rings. The van der Waals surface area contributed by atoms with Gasteiger partial charge in [0.25, 0.3) is 0 Å². The molecule has 0 amide bonds. The van der Waals surface area contributed by atoms with Crippen LogP contribution >= 0.6 is 11.3 Å². The van der Waals surface area contributed by atoms with Crippen molar-refractivity contribution in [2.75, 3.05) is 19.0 Å². The van der Waals surface area contributed by atoms with Gasteiger partial charge >= 0.3 is 0 Å². The summed E-state index contributed by atoms with van der Waals surface area (Å²) in [6, 6.07) is 4.25. The van der Waals surface area contributed by atoms with Crippen LogP contribution in [0.15, 0.2) is 34.9 Å². The molecule has 2 aliphatic rings. The molecule has 2 atom stereocenters. The molecule has 0 bridgehead atoms. The predicted octanol–water partition coefficient (Wildman–Crippen LogP) is 1.87. The van der Waals surface area contributed by atoms with Gasteiger partial charge in [0.1, 0.15) is 17.2 Å². The molecule has 4 rings (SSSR count). The van der Waals surface area contributed by atoms with Crippen LogP contribution in [-0.4, -0.2) is 48.7 Å². The first-order valence-corrected chi connectivity index (χ1v) is 11.6. The zero-order valence-electron chi connectivity index (χ0n) is 15.7. The number of rotatable bonds is 4. The molecule has 0 radical (unpaired) electrons. The molecule has 7 nitrogen and oxygen atoms in total. The molecule has 2 aliphatic heterocycles. The molecule has 3 heterocycles. The molecule has 0 saturated carbocycles. The predicted molar refractivity (Wildman–Crippen MR) is 107 cm³/mol. The minimum atomic E-state index is -3.74. The maximum atomic E-state index is 14.7. The van der Waals surface area contributed by atoms with Crippen molar-refractivity contribution in [3.8, 4) is 0 Å². The third-order valence-electron chi connectivity index (χ3n) is 5.57. The number of halogens is 1. The number of nitrogens with zero attached hydrogens (tertiary/aromatic N) is 2. The lowest BCUT2D eigenvalue weighted by Gasteiger charge is -2.39. The number of nitrogens with two attached hydrogens (primary N) is 1. The Hall–Kier alpha value is -2.17. The molecule has 1 aromatic heterocycles. The van der Waals surface area contributed by atoms with Gasteiger partial charge in [0.2, 0.25) is 0 Å². The molecule has 1 aromatic carbocycles. The van der Waals surface area contributed by atoms with Crippen molar-refractivity contribution >= 4 is 32.8 Å². The van der Waals surface area contributed by atoms with Crippen LogP contribution in [-0.2, 0) is 26.5 Å². The number of Topliss-reactive ketones (excluding diaryl/α,β-unsaturated/α-hetero) is 1. The second-order valence-electron chi connectivity index (χ2n) is 7.61. The van der Waals surface area contributed by atoms with Crippen LogP contribution in [0.25, 0.3) is 0 Å². The van der Waals surface area contributed by atoms with E-state index >= 15 is 0 Å². The van der Waals surface area contributed by atoms with E-state index in [1.807, 2.05) is 0 Å². The van der Waals surface area contributed by atoms with Crippen molar-refractivity contribution < 1.29 is 22.3 Å². The molecule has 1 saturated heterocycles. The standard InChI is InChI=1S/C19H20FN3O4S2/c1-18(10-29(25,26)19(17(21)23-18)4-5-27-9-19)13-6-12(2-3-14(13)20)7-15(24)16-8-22-11-28-16/h2-3,6,8,11H,4-5,7,9-10H2,1H3,(H2,21,23)/t18-,19-/m0/s1. The summed E-state index contributed by atoms with van der Waals surface area (Å²) in [6.45, 7) is 1.80. The Morgan fingerprint density at radius 3 is 2.83 bits per heavy atom. The van der Waals surface area contributed by atoms with Gasteiger partial charge in [-0.15, -0.1) is 11.3 Å². The molecule has 1 fully saturated rings. The van der Waals surface area contributed by atoms with E-state index in [4.69, 9.17) is 10.5 Å². The normalized spacial score (nSPS) is 28.4. The van der Waals surface area contributed by atoms with Crippen molar-refractivity contribution in [1.82, 2.24) is 4.98 Å². The lowest BCUT2D eigenvalue weighted by molar-refractivity contribution is 0.0996. The van der Waals surface area contributed by atoms with E-state index < -0.39 is 25.9 Å². The van der Waals surface area contributed by atoms with E-state index in [1.54, 1.807) is 12.4 Å². The molecule has 29 heavy (non-hydrogen) atoms. The molecule has 10 heteroatoms. The molecule has 2 N–H and O–H groups in total. The maximum absolute atomic E-state index is 14.7. The number of ketones is 1. The summed E-state index contributed by atoms with van der Waals surface area (Å²) >= 11 is 1.23. The summed E-state index contributed by atoms with van der Waals surface area (Å²) in [5.41, 5.74) is 6.96. The number of hydrogen-bond acceptors (Lipinski definition) is 8. The number of ether oxygens (including phenoxy) is 1. The topological polar surface area (TPSA) is 112 Å². The van der Waals surface area contributed by atoms with Crippen LogP contribution in [0.2, 0.25) is 0 Å². The van der Waals surface area contributed by atoms with E-state index in [2.05, 4.69) is 9.98 Å². The van der Waals surface area contributed by atoms with Gasteiger partial charge in [0.05, 0.1) is 22.7 Å². The Morgan fingerprint density at radius 2 is 2.21 bits per heavy atom. The average molecular weight is 438 g/mol. The number of benzene rings is 1. The minimum absolute atomic E-state index is 0.0351. The zero-order chi connectivity index (χ0) is 20.9. The Labute approximate surface area is 171 Å². The summed E-state index contributed by atoms with van der Waals surface area (Å²) in [4.78, 5) is 21.2. The number of aliphatic imine (C=N–C) groups is 1. The Morgan fingerprint density at radius 1 is 1.41 bits per heavy atom. The summed E-state index contributed by atoms with van der Waals surface area (Å²) in [5.74, 6) is -1.16. The van der Waals surface area contributed by atoms with Gasteiger partial charge < -0.3 is 10.5 Å². The lowest BCUT2D eigenvalue weighted by Crippen LogP contribution is -2.58. The SMILES string of the molecule is C[C@@]1(c2cc(CC(=O)c3cncs3)ccc2F)CS(=O)(=O)[C@]2(CCOC2)C(N)=N1. The van der Waals surface area contributed by atoms with Crippen LogP contribution in [0.1, 0.15) is 34.1 Å². The number of carbonyl (C=O) groups is 1. The number of amidine groups is 1. The Kier molecular flexibility index (Phi) is 4.83. The van der Waals surface area contributed by atoms with Gasteiger partial charge in [-0.25, -0.2) is 12.8 Å². The number of carbonyl (C=O) groups excluding carboxylic acids is 1. The molecular formula is C19H20FN3O4S2. The van der Waals surface area contributed by atoms with Gasteiger partial charge in [-0.3, -0.25) is 14.8 Å². The summed E-state index contributed by atoms with van der Waals surface area (Å²) in [5, 5.41) is 0. The monoisotopic (exact) mass is 437 g/mol. The van der Waals surface area contributed by atoms with Crippen molar-refractivity contribution in [2.45, 2.75) is 30.1 Å². The van der Waals surface area contributed by atoms with E-state index in [-0.39, 0.29) is 49.0 Å². The van der Waals surface area contributed by atoms with Crippen LogP contribution < -0.4 is 5.73 Å². The fourth-order valence-electron chi connectivity index (χ4n) is 3.92. The van der Waals surface area contributed by atoms with Crippen LogP contribution in [0.5, 0.6) is 0 Å². The third kappa shape index (κ3) is 3.28. The van der Waals surface area contributed by atoms with E-state index in [0.717, 1.165) is 0 Å². The van der Waals surface area contributed by atoms with Crippen LogP contribution in [0.4, 0.5) is 4.39 Å². The van der Waals surface area contributed by atoms with E-state index in [0.29, 0.717) is 10.4 Å². The quantitative estimate of drug-likeness (QED) is 0.731. The Balaban J connectivity index is 1.72. The largest absolute Gasteiger partial charge is 0.386 e. The van der Waals surface area contributed by atoms with Gasteiger partial charge in [-0.05, 0) is 31.0 Å². The van der Waals surface area contributed by atoms with Crippen molar-refractivity contribution in [2.24, 2.45) is 10.7 Å². The number of aromatic nitrogens is 1. The zero-order valence-corrected chi connectivity index (χ0v) is 17.4.